The van der Waals surface area contributed by atoms with E-state index in [-0.39, 0.29) is 0 Å². The normalized spacial score (nSPS) is 10.2. The van der Waals surface area contributed by atoms with Crippen LogP contribution in [0.3, 0.4) is 0 Å². The number of rotatable bonds is 3. The number of hydrogen-bond acceptors (Lipinski definition) is 5. The number of nitrogens with zero attached hydrogens (tertiary/aromatic N) is 3. The zero-order chi connectivity index (χ0) is 8.93. The van der Waals surface area contributed by atoms with Crippen molar-refractivity contribution in [3.63, 3.8) is 0 Å². The van der Waals surface area contributed by atoms with E-state index in [1.54, 1.807) is 29.3 Å². The van der Waals surface area contributed by atoms with E-state index >= 15 is 0 Å². The number of hydrogen-bond donors (Lipinski definition) is 0. The highest BCUT2D eigenvalue weighted by Gasteiger charge is 1.97. The van der Waals surface area contributed by atoms with Gasteiger partial charge < -0.3 is 0 Å². The van der Waals surface area contributed by atoms with E-state index in [0.29, 0.717) is 0 Å². The van der Waals surface area contributed by atoms with Gasteiger partial charge in [0.2, 0.25) is 0 Å². The molecule has 0 aliphatic heterocycles. The molecule has 0 aliphatic rings. The Bertz CT molecular complexity index is 347. The van der Waals surface area contributed by atoms with Crippen molar-refractivity contribution in [2.45, 2.75) is 10.8 Å². The van der Waals surface area contributed by atoms with Crippen LogP contribution in [0.2, 0.25) is 0 Å². The predicted octanol–water partition coefficient (Wildman–Crippen LogP) is 2.23. The first-order chi connectivity index (χ1) is 6.45. The molecule has 0 bridgehead atoms. The van der Waals surface area contributed by atoms with Gasteiger partial charge in [0, 0.05) is 17.3 Å². The Labute approximate surface area is 84.2 Å². The Kier molecular flexibility index (Phi) is 2.89. The predicted molar refractivity (Wildman–Crippen MR) is 53.7 cm³/mol. The second-order valence-electron chi connectivity index (χ2n) is 2.33. The monoisotopic (exact) mass is 209 g/mol. The van der Waals surface area contributed by atoms with Crippen molar-refractivity contribution in [1.29, 1.82) is 0 Å². The molecule has 66 valence electrons. The van der Waals surface area contributed by atoms with Crippen LogP contribution in [0.25, 0.3) is 0 Å². The third-order valence-electron chi connectivity index (χ3n) is 1.40. The van der Waals surface area contributed by atoms with Crippen molar-refractivity contribution in [2.75, 3.05) is 0 Å². The van der Waals surface area contributed by atoms with Crippen LogP contribution < -0.4 is 0 Å². The first-order valence-corrected chi connectivity index (χ1v) is 5.65. The smallest absolute Gasteiger partial charge is 0.119 e. The molecule has 5 heteroatoms. The Morgan fingerprint density at radius 2 is 2.46 bits per heavy atom. The highest BCUT2D eigenvalue weighted by atomic mass is 32.2. The second-order valence-corrected chi connectivity index (χ2v) is 4.04. The standard InChI is InChI=1S/C8H7N3S2/c1-2-8(11-10-3-1)13-5-7-4-12-6-9-7/h1-4,6H,5H2. The summed E-state index contributed by atoms with van der Waals surface area (Å²) in [6.45, 7) is 0. The van der Waals surface area contributed by atoms with Gasteiger partial charge in [-0.25, -0.2) is 4.98 Å². The Morgan fingerprint density at radius 3 is 3.15 bits per heavy atom. The molecule has 0 unspecified atom stereocenters. The Hall–Kier alpha value is -0.940. The average Bonchev–Trinajstić information content (AvgIpc) is 2.69. The van der Waals surface area contributed by atoms with Gasteiger partial charge in [0.15, 0.2) is 0 Å². The Balaban J connectivity index is 1.94. The van der Waals surface area contributed by atoms with Gasteiger partial charge in [0.05, 0.1) is 11.2 Å². The molecule has 0 saturated carbocycles. The summed E-state index contributed by atoms with van der Waals surface area (Å²) in [5, 5.41) is 10.7. The third-order valence-corrected chi connectivity index (χ3v) is 2.99. The Morgan fingerprint density at radius 1 is 1.46 bits per heavy atom. The van der Waals surface area contributed by atoms with Gasteiger partial charge in [0.25, 0.3) is 0 Å². The molecule has 2 aromatic heterocycles. The summed E-state index contributed by atoms with van der Waals surface area (Å²) in [4.78, 5) is 4.18. The van der Waals surface area contributed by atoms with Gasteiger partial charge in [0.1, 0.15) is 5.03 Å². The van der Waals surface area contributed by atoms with Gasteiger partial charge in [-0.05, 0) is 12.1 Å². The summed E-state index contributed by atoms with van der Waals surface area (Å²) < 4.78 is 0. The van der Waals surface area contributed by atoms with Gasteiger partial charge in [-0.3, -0.25) is 0 Å². The first kappa shape index (κ1) is 8.65. The lowest BCUT2D eigenvalue weighted by Gasteiger charge is -1.95. The summed E-state index contributed by atoms with van der Waals surface area (Å²) in [5.41, 5.74) is 2.94. The molecule has 2 aromatic rings. The van der Waals surface area contributed by atoms with Gasteiger partial charge in [-0.2, -0.15) is 5.10 Å². The molecule has 0 spiro atoms. The summed E-state index contributed by atoms with van der Waals surface area (Å²) in [5.74, 6) is 0.863. The summed E-state index contributed by atoms with van der Waals surface area (Å²) in [6, 6.07) is 3.83. The van der Waals surface area contributed by atoms with E-state index < -0.39 is 0 Å². The van der Waals surface area contributed by atoms with Crippen LogP contribution in [0.4, 0.5) is 0 Å². The molecule has 0 aromatic carbocycles. The van der Waals surface area contributed by atoms with Crippen LogP contribution in [-0.2, 0) is 5.75 Å². The third kappa shape index (κ3) is 2.50. The minimum absolute atomic E-state index is 0.863. The maximum absolute atomic E-state index is 4.18. The lowest BCUT2D eigenvalue weighted by Crippen LogP contribution is -1.84. The highest BCUT2D eigenvalue weighted by molar-refractivity contribution is 7.98. The van der Waals surface area contributed by atoms with Crippen molar-refractivity contribution in [1.82, 2.24) is 15.2 Å². The minimum Gasteiger partial charge on any atom is -0.249 e. The maximum Gasteiger partial charge on any atom is 0.119 e. The fraction of sp³-hybridized carbons (Fsp3) is 0.125. The molecular formula is C8H7N3S2. The van der Waals surface area contributed by atoms with Crippen molar-refractivity contribution >= 4 is 23.1 Å². The van der Waals surface area contributed by atoms with Crippen LogP contribution in [0.5, 0.6) is 0 Å². The highest BCUT2D eigenvalue weighted by Crippen LogP contribution is 2.19. The van der Waals surface area contributed by atoms with Crippen molar-refractivity contribution < 1.29 is 0 Å². The quantitative estimate of drug-likeness (QED) is 0.727. The van der Waals surface area contributed by atoms with Gasteiger partial charge in [-0.1, -0.05) is 11.8 Å². The second kappa shape index (κ2) is 4.34. The molecule has 2 heterocycles. The molecule has 0 N–H and O–H groups in total. The van der Waals surface area contributed by atoms with E-state index in [0.717, 1.165) is 16.5 Å². The maximum atomic E-state index is 4.18. The fourth-order valence-corrected chi connectivity index (χ4v) is 2.22. The van der Waals surface area contributed by atoms with E-state index in [4.69, 9.17) is 0 Å². The topological polar surface area (TPSA) is 38.7 Å². The molecule has 13 heavy (non-hydrogen) atoms. The number of thioether (sulfide) groups is 1. The van der Waals surface area contributed by atoms with Crippen molar-refractivity contribution in [2.24, 2.45) is 0 Å². The summed E-state index contributed by atoms with van der Waals surface area (Å²) in [6.07, 6.45) is 1.67. The lowest BCUT2D eigenvalue weighted by atomic mass is 10.6. The van der Waals surface area contributed by atoms with Crippen molar-refractivity contribution in [3.05, 3.63) is 34.9 Å². The molecule has 0 aliphatic carbocycles. The molecule has 0 fully saturated rings. The summed E-state index contributed by atoms with van der Waals surface area (Å²) >= 11 is 3.26. The van der Waals surface area contributed by atoms with Gasteiger partial charge >= 0.3 is 0 Å². The van der Waals surface area contributed by atoms with Crippen LogP contribution in [0, 0.1) is 0 Å². The van der Waals surface area contributed by atoms with Crippen molar-refractivity contribution in [3.8, 4) is 0 Å². The SMILES string of the molecule is c1cnnc(SCc2cscn2)c1. The van der Waals surface area contributed by atoms with E-state index in [1.807, 2.05) is 23.0 Å². The average molecular weight is 209 g/mol. The first-order valence-electron chi connectivity index (χ1n) is 3.73. The van der Waals surface area contributed by atoms with Crippen LogP contribution in [-0.4, -0.2) is 15.2 Å². The number of thiazole rings is 1. The van der Waals surface area contributed by atoms with Crippen LogP contribution in [0.1, 0.15) is 5.69 Å². The van der Waals surface area contributed by atoms with E-state index in [2.05, 4.69) is 15.2 Å². The molecule has 0 amide bonds. The van der Waals surface area contributed by atoms with E-state index in [1.165, 1.54) is 0 Å². The molecule has 0 saturated heterocycles. The molecule has 3 nitrogen and oxygen atoms in total. The van der Waals surface area contributed by atoms with Crippen LogP contribution in [0.15, 0.2) is 34.2 Å². The minimum atomic E-state index is 0.863. The van der Waals surface area contributed by atoms with Gasteiger partial charge in [-0.15, -0.1) is 16.4 Å². The number of aromatic nitrogens is 3. The summed E-state index contributed by atoms with van der Waals surface area (Å²) in [7, 11) is 0. The molecular weight excluding hydrogens is 202 g/mol. The fourth-order valence-electron chi connectivity index (χ4n) is 0.821. The lowest BCUT2D eigenvalue weighted by molar-refractivity contribution is 0.928. The molecule has 0 atom stereocenters. The zero-order valence-electron chi connectivity index (χ0n) is 6.75. The van der Waals surface area contributed by atoms with E-state index in [9.17, 15) is 0 Å². The zero-order valence-corrected chi connectivity index (χ0v) is 8.38. The molecule has 0 radical (unpaired) electrons. The molecule has 2 rings (SSSR count). The largest absolute Gasteiger partial charge is 0.249 e. The van der Waals surface area contributed by atoms with Crippen LogP contribution >= 0.6 is 23.1 Å².